The lowest BCUT2D eigenvalue weighted by atomic mass is 10.2. The summed E-state index contributed by atoms with van der Waals surface area (Å²) >= 11 is 1.74. The summed E-state index contributed by atoms with van der Waals surface area (Å²) < 4.78 is 10.4. The van der Waals surface area contributed by atoms with Crippen molar-refractivity contribution >= 4 is 17.7 Å². The minimum atomic E-state index is -0.494. The Bertz CT molecular complexity index is 216. The molecule has 0 rings (SSSR count). The maximum atomic E-state index is 11.2. The SMILES string of the molecule is CCOC(=O)C(N)CCSCCOC(C)(C)C. The van der Waals surface area contributed by atoms with E-state index >= 15 is 0 Å². The third kappa shape index (κ3) is 10.6. The molecule has 1 unspecified atom stereocenters. The Labute approximate surface area is 109 Å². The van der Waals surface area contributed by atoms with Crippen LogP contribution in [0, 0.1) is 0 Å². The summed E-state index contributed by atoms with van der Waals surface area (Å²) in [5, 5.41) is 0. The Balaban J connectivity index is 3.42. The highest BCUT2D eigenvalue weighted by Gasteiger charge is 2.14. The highest BCUT2D eigenvalue weighted by atomic mass is 32.2. The highest BCUT2D eigenvalue weighted by Crippen LogP contribution is 2.10. The van der Waals surface area contributed by atoms with Crippen molar-refractivity contribution in [3.63, 3.8) is 0 Å². The topological polar surface area (TPSA) is 61.5 Å². The first-order valence-electron chi connectivity index (χ1n) is 6.00. The maximum absolute atomic E-state index is 11.2. The molecule has 0 aliphatic heterocycles. The van der Waals surface area contributed by atoms with Crippen LogP contribution in [0.1, 0.15) is 34.1 Å². The molecule has 0 amide bonds. The van der Waals surface area contributed by atoms with Crippen molar-refractivity contribution in [2.75, 3.05) is 24.7 Å². The number of hydrogen-bond acceptors (Lipinski definition) is 5. The number of esters is 1. The van der Waals surface area contributed by atoms with Gasteiger partial charge in [-0.3, -0.25) is 4.79 Å². The van der Waals surface area contributed by atoms with Crippen molar-refractivity contribution in [2.24, 2.45) is 5.73 Å². The monoisotopic (exact) mass is 263 g/mol. The molecular formula is C12H25NO3S. The van der Waals surface area contributed by atoms with E-state index in [0.29, 0.717) is 13.0 Å². The number of nitrogens with two attached hydrogens (primary N) is 1. The number of thioether (sulfide) groups is 1. The van der Waals surface area contributed by atoms with Crippen LogP contribution in [0.3, 0.4) is 0 Å². The molecule has 0 aromatic heterocycles. The van der Waals surface area contributed by atoms with Crippen LogP contribution in [0.15, 0.2) is 0 Å². The molecule has 0 bridgehead atoms. The summed E-state index contributed by atoms with van der Waals surface area (Å²) in [5.74, 6) is 1.47. The molecule has 102 valence electrons. The summed E-state index contributed by atoms with van der Waals surface area (Å²) in [6.07, 6.45) is 0.652. The predicted octanol–water partition coefficient (Wildman–Crippen LogP) is 1.82. The van der Waals surface area contributed by atoms with E-state index in [1.807, 2.05) is 20.8 Å². The van der Waals surface area contributed by atoms with E-state index in [2.05, 4.69) is 0 Å². The lowest BCUT2D eigenvalue weighted by Gasteiger charge is -2.19. The fraction of sp³-hybridized carbons (Fsp3) is 0.917. The molecule has 1 atom stereocenters. The molecule has 17 heavy (non-hydrogen) atoms. The second-order valence-electron chi connectivity index (χ2n) is 4.72. The quantitative estimate of drug-likeness (QED) is 0.534. The van der Waals surface area contributed by atoms with E-state index in [9.17, 15) is 4.79 Å². The van der Waals surface area contributed by atoms with Crippen molar-refractivity contribution in [3.8, 4) is 0 Å². The molecule has 5 heteroatoms. The van der Waals surface area contributed by atoms with Gasteiger partial charge in [0.25, 0.3) is 0 Å². The average molecular weight is 263 g/mol. The van der Waals surface area contributed by atoms with Crippen LogP contribution in [0.4, 0.5) is 0 Å². The molecular weight excluding hydrogens is 238 g/mol. The van der Waals surface area contributed by atoms with Crippen molar-refractivity contribution in [1.29, 1.82) is 0 Å². The van der Waals surface area contributed by atoms with Gasteiger partial charge in [-0.2, -0.15) is 11.8 Å². The second kappa shape index (κ2) is 8.78. The lowest BCUT2D eigenvalue weighted by Crippen LogP contribution is -2.32. The fourth-order valence-electron chi connectivity index (χ4n) is 1.09. The van der Waals surface area contributed by atoms with Gasteiger partial charge in [0.2, 0.25) is 0 Å². The van der Waals surface area contributed by atoms with Gasteiger partial charge in [0.05, 0.1) is 18.8 Å². The summed E-state index contributed by atoms with van der Waals surface area (Å²) in [5.41, 5.74) is 5.59. The molecule has 0 aliphatic rings. The van der Waals surface area contributed by atoms with Crippen LogP contribution in [-0.4, -0.2) is 42.3 Å². The molecule has 0 fully saturated rings. The molecule has 0 aromatic rings. The van der Waals surface area contributed by atoms with E-state index in [4.69, 9.17) is 15.2 Å². The van der Waals surface area contributed by atoms with Crippen molar-refractivity contribution in [1.82, 2.24) is 0 Å². The summed E-state index contributed by atoms with van der Waals surface area (Å²) in [4.78, 5) is 11.2. The molecule has 0 aromatic carbocycles. The smallest absolute Gasteiger partial charge is 0.322 e. The van der Waals surface area contributed by atoms with E-state index in [1.54, 1.807) is 18.7 Å². The lowest BCUT2D eigenvalue weighted by molar-refractivity contribution is -0.144. The van der Waals surface area contributed by atoms with Gasteiger partial charge < -0.3 is 15.2 Å². The first-order chi connectivity index (χ1) is 7.87. The predicted molar refractivity (Wildman–Crippen MR) is 72.3 cm³/mol. The van der Waals surface area contributed by atoms with Gasteiger partial charge in [-0.1, -0.05) is 0 Å². The zero-order valence-electron chi connectivity index (χ0n) is 11.3. The molecule has 0 spiro atoms. The summed E-state index contributed by atoms with van der Waals surface area (Å²) in [6, 6.07) is -0.494. The molecule has 0 saturated heterocycles. The van der Waals surface area contributed by atoms with E-state index in [0.717, 1.165) is 18.1 Å². The van der Waals surface area contributed by atoms with Crippen LogP contribution in [0.25, 0.3) is 0 Å². The van der Waals surface area contributed by atoms with Crippen LogP contribution >= 0.6 is 11.8 Å². The van der Waals surface area contributed by atoms with Gasteiger partial charge in [0, 0.05) is 5.75 Å². The Morgan fingerprint density at radius 1 is 1.35 bits per heavy atom. The number of carbonyl (C=O) groups is 1. The normalized spacial score (nSPS) is 13.5. The van der Waals surface area contributed by atoms with Gasteiger partial charge in [-0.05, 0) is 39.9 Å². The molecule has 4 nitrogen and oxygen atoms in total. The van der Waals surface area contributed by atoms with E-state index in [-0.39, 0.29) is 11.6 Å². The van der Waals surface area contributed by atoms with Crippen molar-refractivity contribution in [2.45, 2.75) is 45.8 Å². The number of carbonyl (C=O) groups excluding carboxylic acids is 1. The van der Waals surface area contributed by atoms with Crippen LogP contribution in [0.2, 0.25) is 0 Å². The minimum absolute atomic E-state index is 0.0815. The molecule has 0 heterocycles. The van der Waals surface area contributed by atoms with Gasteiger partial charge in [-0.25, -0.2) is 0 Å². The molecule has 0 radical (unpaired) electrons. The minimum Gasteiger partial charge on any atom is -0.465 e. The van der Waals surface area contributed by atoms with E-state index in [1.165, 1.54) is 0 Å². The van der Waals surface area contributed by atoms with Gasteiger partial charge in [0.15, 0.2) is 0 Å². The first-order valence-corrected chi connectivity index (χ1v) is 7.16. The highest BCUT2D eigenvalue weighted by molar-refractivity contribution is 7.99. The largest absolute Gasteiger partial charge is 0.465 e. The standard InChI is InChI=1S/C12H25NO3S/c1-5-15-11(14)10(13)6-8-17-9-7-16-12(2,3)4/h10H,5-9,13H2,1-4H3. The van der Waals surface area contributed by atoms with Crippen molar-refractivity contribution < 1.29 is 14.3 Å². The second-order valence-corrected chi connectivity index (χ2v) is 5.95. The zero-order chi connectivity index (χ0) is 13.3. The summed E-state index contributed by atoms with van der Waals surface area (Å²) in [7, 11) is 0. The van der Waals surface area contributed by atoms with Gasteiger partial charge in [-0.15, -0.1) is 0 Å². The fourth-order valence-corrected chi connectivity index (χ4v) is 1.91. The molecule has 2 N–H and O–H groups in total. The van der Waals surface area contributed by atoms with Gasteiger partial charge in [0.1, 0.15) is 6.04 Å². The van der Waals surface area contributed by atoms with Crippen LogP contribution < -0.4 is 5.73 Å². The third-order valence-electron chi connectivity index (χ3n) is 1.93. The van der Waals surface area contributed by atoms with Crippen molar-refractivity contribution in [3.05, 3.63) is 0 Å². The third-order valence-corrected chi connectivity index (χ3v) is 2.91. The number of rotatable bonds is 8. The number of ether oxygens (including phenoxy) is 2. The first kappa shape index (κ1) is 16.7. The van der Waals surface area contributed by atoms with Crippen LogP contribution in [-0.2, 0) is 14.3 Å². The van der Waals surface area contributed by atoms with Crippen LogP contribution in [0.5, 0.6) is 0 Å². The molecule has 0 aliphatic carbocycles. The Kier molecular flexibility index (Phi) is 8.64. The molecule has 0 saturated carbocycles. The Morgan fingerprint density at radius 3 is 2.53 bits per heavy atom. The maximum Gasteiger partial charge on any atom is 0.322 e. The summed E-state index contributed by atoms with van der Waals surface area (Å²) in [6.45, 7) is 9.00. The van der Waals surface area contributed by atoms with E-state index < -0.39 is 6.04 Å². The number of hydrogen-bond donors (Lipinski definition) is 1. The Morgan fingerprint density at radius 2 is 2.00 bits per heavy atom. The van der Waals surface area contributed by atoms with Gasteiger partial charge >= 0.3 is 5.97 Å². The Hall–Kier alpha value is -0.260. The average Bonchev–Trinajstić information content (AvgIpc) is 2.21. The zero-order valence-corrected chi connectivity index (χ0v) is 12.1.